The summed E-state index contributed by atoms with van der Waals surface area (Å²) in [5.41, 5.74) is 1.02. The molecule has 1 aliphatic rings. The second-order valence-electron chi connectivity index (χ2n) is 10.0. The topological polar surface area (TPSA) is 135 Å². The number of carbonyl (C=O) groups excluding carboxylic acids is 2. The summed E-state index contributed by atoms with van der Waals surface area (Å²) in [6.45, 7) is 2.39. The molecule has 2 aromatic carbocycles. The van der Waals surface area contributed by atoms with Crippen LogP contribution in [0.15, 0.2) is 48.5 Å². The Bertz CT molecular complexity index is 1460. The molecule has 0 unspecified atom stereocenters. The molecule has 1 saturated carbocycles. The standard InChI is InChI=1S/C29H32F5N5O7/c1-4-44-25(22(43-3)15-16-42-2)45-27(41)35-19-9-7-17(8-10-19)23-36-26(37-24(40)18-5-6-18)39(38-23)20-11-13-21(14-12-20)46-29(33,34)28(30,31)32/h7-14,18,22,25H,4-6,15-16H2,1-3H3,(H,35,41)(H,36,37,38,40)/t22-,25+/m1/s1. The molecule has 0 bridgehead atoms. The number of amides is 2. The molecule has 2 atom stereocenters. The van der Waals surface area contributed by atoms with E-state index in [2.05, 4.69) is 25.5 Å². The minimum absolute atomic E-state index is 0.00453. The van der Waals surface area contributed by atoms with Crippen LogP contribution in [-0.2, 0) is 23.7 Å². The third-order valence-electron chi connectivity index (χ3n) is 6.60. The highest BCUT2D eigenvalue weighted by atomic mass is 19.4. The molecule has 1 heterocycles. The lowest BCUT2D eigenvalue weighted by Gasteiger charge is -2.25. The Hall–Kier alpha value is -4.35. The van der Waals surface area contributed by atoms with Gasteiger partial charge in [-0.15, -0.1) is 5.10 Å². The molecule has 1 aliphatic carbocycles. The van der Waals surface area contributed by atoms with Crippen LogP contribution in [0.4, 0.5) is 38.4 Å². The molecule has 3 aromatic rings. The van der Waals surface area contributed by atoms with Crippen LogP contribution in [0.25, 0.3) is 17.1 Å². The highest BCUT2D eigenvalue weighted by Crippen LogP contribution is 2.37. The van der Waals surface area contributed by atoms with Gasteiger partial charge in [0.1, 0.15) is 11.9 Å². The zero-order chi connectivity index (χ0) is 33.5. The van der Waals surface area contributed by atoms with Crippen LogP contribution in [0.3, 0.4) is 0 Å². The number of alkyl halides is 5. The van der Waals surface area contributed by atoms with E-state index in [0.29, 0.717) is 37.1 Å². The van der Waals surface area contributed by atoms with E-state index in [0.717, 1.165) is 12.1 Å². The predicted octanol–water partition coefficient (Wildman–Crippen LogP) is 5.78. The lowest BCUT2D eigenvalue weighted by molar-refractivity contribution is -0.360. The zero-order valence-electron chi connectivity index (χ0n) is 25.0. The van der Waals surface area contributed by atoms with Crippen molar-refractivity contribution in [1.29, 1.82) is 0 Å². The number of anilines is 2. The van der Waals surface area contributed by atoms with Crippen LogP contribution in [0.2, 0.25) is 0 Å². The number of rotatable bonds is 15. The molecule has 4 rings (SSSR count). The largest absolute Gasteiger partial charge is 0.499 e. The van der Waals surface area contributed by atoms with Crippen LogP contribution >= 0.6 is 0 Å². The van der Waals surface area contributed by atoms with Crippen molar-refractivity contribution in [2.45, 2.75) is 50.9 Å². The summed E-state index contributed by atoms with van der Waals surface area (Å²) in [7, 11) is 3.00. The molecule has 2 N–H and O–H groups in total. The van der Waals surface area contributed by atoms with E-state index in [1.165, 1.54) is 31.0 Å². The van der Waals surface area contributed by atoms with Crippen LogP contribution in [0.1, 0.15) is 26.2 Å². The lowest BCUT2D eigenvalue weighted by Crippen LogP contribution is -2.41. The third-order valence-corrected chi connectivity index (χ3v) is 6.60. The SMILES string of the molecule is CCO[C@@H](OC(=O)Nc1ccc(-c2nc(NC(=O)C3CC3)n(-c3ccc(OC(F)(F)C(F)(F)F)cc3)n2)cc1)[C@@H](CCOC)OC. The Morgan fingerprint density at radius 1 is 1.00 bits per heavy atom. The number of halogens is 5. The highest BCUT2D eigenvalue weighted by Gasteiger charge is 2.61. The van der Waals surface area contributed by atoms with Crippen molar-refractivity contribution in [1.82, 2.24) is 14.8 Å². The van der Waals surface area contributed by atoms with Gasteiger partial charge in [-0.05, 0) is 68.3 Å². The Labute approximate surface area is 260 Å². The van der Waals surface area contributed by atoms with Crippen molar-refractivity contribution in [3.63, 3.8) is 0 Å². The molecule has 2 amide bonds. The Balaban J connectivity index is 1.50. The summed E-state index contributed by atoms with van der Waals surface area (Å²) in [6, 6.07) is 10.5. The third kappa shape index (κ3) is 8.88. The molecule has 0 saturated heterocycles. The van der Waals surface area contributed by atoms with Gasteiger partial charge in [0.25, 0.3) is 0 Å². The first-order valence-electron chi connectivity index (χ1n) is 14.1. The minimum atomic E-state index is -5.90. The van der Waals surface area contributed by atoms with Crippen molar-refractivity contribution in [2.75, 3.05) is 38.1 Å². The number of ether oxygens (including phenoxy) is 5. The average Bonchev–Trinajstić information content (AvgIpc) is 3.78. The Kier molecular flexibility index (Phi) is 11.1. The van der Waals surface area contributed by atoms with Crippen molar-refractivity contribution in [3.8, 4) is 22.8 Å². The minimum Gasteiger partial charge on any atom is -0.426 e. The van der Waals surface area contributed by atoms with E-state index in [1.807, 2.05) is 0 Å². The number of methoxy groups -OCH3 is 2. The molecule has 12 nitrogen and oxygen atoms in total. The summed E-state index contributed by atoms with van der Waals surface area (Å²) in [6.07, 6.45) is -11.8. The monoisotopic (exact) mass is 657 g/mol. The number of nitrogens with zero attached hydrogens (tertiary/aromatic N) is 3. The van der Waals surface area contributed by atoms with Crippen LogP contribution in [-0.4, -0.2) is 78.9 Å². The van der Waals surface area contributed by atoms with Crippen molar-refractivity contribution >= 4 is 23.6 Å². The normalized spacial score (nSPS) is 14.8. The number of hydrogen-bond acceptors (Lipinski definition) is 9. The van der Waals surface area contributed by atoms with Crippen molar-refractivity contribution in [3.05, 3.63) is 48.5 Å². The second kappa shape index (κ2) is 14.8. The molecular weight excluding hydrogens is 625 g/mol. The molecule has 1 fully saturated rings. The summed E-state index contributed by atoms with van der Waals surface area (Å²) < 4.78 is 90.7. The average molecular weight is 658 g/mol. The Morgan fingerprint density at radius 2 is 1.67 bits per heavy atom. The van der Waals surface area contributed by atoms with Gasteiger partial charge in [-0.25, -0.2) is 4.79 Å². The molecule has 0 spiro atoms. The molecule has 0 aliphatic heterocycles. The van der Waals surface area contributed by atoms with E-state index in [4.69, 9.17) is 18.9 Å². The smallest absolute Gasteiger partial charge is 0.426 e. The molecular formula is C29H32F5N5O7. The fraction of sp³-hybridized carbons (Fsp3) is 0.448. The van der Waals surface area contributed by atoms with Crippen LogP contribution < -0.4 is 15.4 Å². The van der Waals surface area contributed by atoms with Gasteiger partial charge in [-0.3, -0.25) is 15.4 Å². The fourth-order valence-corrected chi connectivity index (χ4v) is 4.05. The van der Waals surface area contributed by atoms with Gasteiger partial charge >= 0.3 is 18.4 Å². The van der Waals surface area contributed by atoms with E-state index < -0.39 is 36.5 Å². The maximum Gasteiger partial charge on any atom is 0.499 e. The quantitative estimate of drug-likeness (QED) is 0.154. The van der Waals surface area contributed by atoms with Crippen molar-refractivity contribution in [2.24, 2.45) is 5.92 Å². The predicted molar refractivity (Wildman–Crippen MR) is 153 cm³/mol. The molecule has 1 aromatic heterocycles. The first kappa shape index (κ1) is 34.5. The number of nitrogens with one attached hydrogen (secondary N) is 2. The van der Waals surface area contributed by atoms with Crippen LogP contribution in [0, 0.1) is 5.92 Å². The summed E-state index contributed by atoms with van der Waals surface area (Å²) in [5.74, 6) is -1.10. The molecule has 17 heteroatoms. The maximum absolute atomic E-state index is 13.3. The van der Waals surface area contributed by atoms with E-state index >= 15 is 0 Å². The highest BCUT2D eigenvalue weighted by molar-refractivity contribution is 5.93. The summed E-state index contributed by atoms with van der Waals surface area (Å²) in [4.78, 5) is 29.5. The van der Waals surface area contributed by atoms with E-state index in [1.54, 1.807) is 31.2 Å². The van der Waals surface area contributed by atoms with Gasteiger partial charge in [-0.1, -0.05) is 0 Å². The molecule has 250 valence electrons. The number of aromatic nitrogens is 3. The van der Waals surface area contributed by atoms with E-state index in [9.17, 15) is 31.5 Å². The Morgan fingerprint density at radius 3 is 2.24 bits per heavy atom. The van der Waals surface area contributed by atoms with Gasteiger partial charge < -0.3 is 23.7 Å². The number of benzene rings is 2. The number of carbonyl (C=O) groups is 2. The second-order valence-corrected chi connectivity index (χ2v) is 10.0. The van der Waals surface area contributed by atoms with Crippen molar-refractivity contribution < 1.29 is 55.2 Å². The zero-order valence-corrected chi connectivity index (χ0v) is 25.0. The van der Waals surface area contributed by atoms with Gasteiger partial charge in [-0.2, -0.15) is 31.6 Å². The summed E-state index contributed by atoms with van der Waals surface area (Å²) >= 11 is 0. The number of hydrogen-bond donors (Lipinski definition) is 2. The molecule has 0 radical (unpaired) electrons. The fourth-order valence-electron chi connectivity index (χ4n) is 4.05. The van der Waals surface area contributed by atoms with Gasteiger partial charge in [0.15, 0.2) is 5.82 Å². The van der Waals surface area contributed by atoms with Gasteiger partial charge in [0, 0.05) is 51.0 Å². The van der Waals surface area contributed by atoms with E-state index in [-0.39, 0.29) is 35.9 Å². The first-order chi connectivity index (χ1) is 21.8. The lowest BCUT2D eigenvalue weighted by atomic mass is 10.2. The summed E-state index contributed by atoms with van der Waals surface area (Å²) in [5, 5.41) is 9.67. The maximum atomic E-state index is 13.3. The van der Waals surface area contributed by atoms with Gasteiger partial charge in [0.2, 0.25) is 18.1 Å². The van der Waals surface area contributed by atoms with Gasteiger partial charge in [0.05, 0.1) is 5.69 Å². The first-order valence-corrected chi connectivity index (χ1v) is 14.1. The van der Waals surface area contributed by atoms with Crippen LogP contribution in [0.5, 0.6) is 5.75 Å². The molecule has 46 heavy (non-hydrogen) atoms.